The Morgan fingerprint density at radius 2 is 1.92 bits per heavy atom. The van der Waals surface area contributed by atoms with Crippen LogP contribution in [0.3, 0.4) is 0 Å². The molecule has 0 fully saturated rings. The van der Waals surface area contributed by atoms with Crippen molar-refractivity contribution in [1.82, 2.24) is 0 Å². The number of carbonyl (C=O) groups is 2. The van der Waals surface area contributed by atoms with Gasteiger partial charge in [0, 0.05) is 0 Å². The van der Waals surface area contributed by atoms with Crippen molar-refractivity contribution < 1.29 is 56.3 Å². The SMILES string of the molecule is C=CCC(CC(=O)O)C(=O)O.O.[H-].[Na+]. The zero-order chi connectivity index (χ0) is 8.85. The van der Waals surface area contributed by atoms with E-state index in [2.05, 4.69) is 6.58 Å². The van der Waals surface area contributed by atoms with E-state index in [9.17, 15) is 9.59 Å². The van der Waals surface area contributed by atoms with Crippen LogP contribution in [0.25, 0.3) is 0 Å². The molecule has 5 nitrogen and oxygen atoms in total. The number of allylic oxidation sites excluding steroid dienone is 1. The number of hydrogen-bond acceptors (Lipinski definition) is 2. The van der Waals surface area contributed by atoms with Crippen LogP contribution in [0.4, 0.5) is 0 Å². The molecule has 0 aliphatic heterocycles. The molecule has 0 saturated heterocycles. The molecule has 0 amide bonds. The van der Waals surface area contributed by atoms with Gasteiger partial charge in [-0.15, -0.1) is 6.58 Å². The number of rotatable bonds is 5. The van der Waals surface area contributed by atoms with Crippen LogP contribution in [0.2, 0.25) is 0 Å². The summed E-state index contributed by atoms with van der Waals surface area (Å²) in [5.41, 5.74) is 0. The van der Waals surface area contributed by atoms with E-state index in [4.69, 9.17) is 10.2 Å². The van der Waals surface area contributed by atoms with Gasteiger partial charge in [-0.25, -0.2) is 0 Å². The van der Waals surface area contributed by atoms with Gasteiger partial charge in [0.1, 0.15) is 0 Å². The molecule has 1 unspecified atom stereocenters. The molecular formula is C7H13NaO5. The molecule has 0 saturated carbocycles. The van der Waals surface area contributed by atoms with Crippen LogP contribution in [-0.2, 0) is 9.59 Å². The zero-order valence-corrected chi connectivity index (χ0v) is 9.49. The van der Waals surface area contributed by atoms with Gasteiger partial charge in [0.05, 0.1) is 12.3 Å². The van der Waals surface area contributed by atoms with Gasteiger partial charge < -0.3 is 17.1 Å². The van der Waals surface area contributed by atoms with Gasteiger partial charge in [0.15, 0.2) is 0 Å². The van der Waals surface area contributed by atoms with Gasteiger partial charge in [-0.2, -0.15) is 0 Å². The van der Waals surface area contributed by atoms with Crippen molar-refractivity contribution in [1.29, 1.82) is 0 Å². The van der Waals surface area contributed by atoms with Gasteiger partial charge in [0.2, 0.25) is 0 Å². The van der Waals surface area contributed by atoms with Crippen molar-refractivity contribution in [2.75, 3.05) is 0 Å². The number of carboxylic acid groups (broad SMARTS) is 2. The third-order valence-electron chi connectivity index (χ3n) is 1.22. The molecule has 0 bridgehead atoms. The zero-order valence-electron chi connectivity index (χ0n) is 8.49. The minimum absolute atomic E-state index is 0. The second kappa shape index (κ2) is 9.73. The van der Waals surface area contributed by atoms with Gasteiger partial charge in [-0.3, -0.25) is 9.59 Å². The molecule has 0 aromatic heterocycles. The summed E-state index contributed by atoms with van der Waals surface area (Å²) in [7, 11) is 0. The Hall–Kier alpha value is -0.360. The van der Waals surface area contributed by atoms with Gasteiger partial charge in [-0.05, 0) is 6.42 Å². The van der Waals surface area contributed by atoms with Crippen molar-refractivity contribution in [3.8, 4) is 0 Å². The fraction of sp³-hybridized carbons (Fsp3) is 0.429. The largest absolute Gasteiger partial charge is 1.00 e. The standard InChI is InChI=1S/C7H10O4.Na.H2O.H/c1-2-3-5(7(10)11)4-6(8)9;;;/h2,5H,1,3-4H2,(H,8,9)(H,10,11);;1H2;/q;+1;;-1. The summed E-state index contributed by atoms with van der Waals surface area (Å²) < 4.78 is 0. The van der Waals surface area contributed by atoms with E-state index in [0.29, 0.717) is 0 Å². The smallest absolute Gasteiger partial charge is 1.00 e. The Balaban J connectivity index is -0.000000167. The van der Waals surface area contributed by atoms with E-state index >= 15 is 0 Å². The predicted molar refractivity (Wildman–Crippen MR) is 42.9 cm³/mol. The molecule has 1 atom stereocenters. The average Bonchev–Trinajstić information content (AvgIpc) is 1.86. The molecule has 0 aliphatic rings. The summed E-state index contributed by atoms with van der Waals surface area (Å²) in [5.74, 6) is -3.03. The molecule has 4 N–H and O–H groups in total. The van der Waals surface area contributed by atoms with Crippen molar-refractivity contribution in [3.05, 3.63) is 12.7 Å². The van der Waals surface area contributed by atoms with Gasteiger partial charge >= 0.3 is 41.5 Å². The quantitative estimate of drug-likeness (QED) is 0.365. The van der Waals surface area contributed by atoms with Crippen molar-refractivity contribution in [3.63, 3.8) is 0 Å². The normalized spacial score (nSPS) is 10.2. The van der Waals surface area contributed by atoms with Crippen LogP contribution in [-0.4, -0.2) is 27.6 Å². The van der Waals surface area contributed by atoms with E-state index in [1.54, 1.807) is 0 Å². The molecule has 0 radical (unpaired) electrons. The Morgan fingerprint density at radius 1 is 1.46 bits per heavy atom. The summed E-state index contributed by atoms with van der Waals surface area (Å²) in [4.78, 5) is 20.4. The van der Waals surface area contributed by atoms with Gasteiger partial charge in [-0.1, -0.05) is 6.08 Å². The number of carboxylic acids is 2. The van der Waals surface area contributed by atoms with Crippen LogP contribution in [0.15, 0.2) is 12.7 Å². The second-order valence-electron chi connectivity index (χ2n) is 2.16. The van der Waals surface area contributed by atoms with Crippen LogP contribution in [0.5, 0.6) is 0 Å². The van der Waals surface area contributed by atoms with Crippen molar-refractivity contribution in [2.45, 2.75) is 12.8 Å². The molecule has 0 rings (SSSR count). The van der Waals surface area contributed by atoms with Gasteiger partial charge in [0.25, 0.3) is 0 Å². The summed E-state index contributed by atoms with van der Waals surface area (Å²) in [6.45, 7) is 3.33. The third kappa shape index (κ3) is 9.55. The maximum absolute atomic E-state index is 10.3. The number of aliphatic carboxylic acids is 2. The molecule has 13 heavy (non-hydrogen) atoms. The monoisotopic (exact) mass is 200 g/mol. The van der Waals surface area contributed by atoms with Crippen LogP contribution in [0.1, 0.15) is 14.3 Å². The van der Waals surface area contributed by atoms with E-state index < -0.39 is 17.9 Å². The predicted octanol–water partition coefficient (Wildman–Crippen LogP) is -2.97. The van der Waals surface area contributed by atoms with E-state index in [-0.39, 0.29) is 49.3 Å². The minimum atomic E-state index is -1.10. The molecule has 0 aromatic carbocycles. The molecule has 0 aliphatic carbocycles. The van der Waals surface area contributed by atoms with Crippen molar-refractivity contribution >= 4 is 11.9 Å². The van der Waals surface area contributed by atoms with Crippen LogP contribution >= 0.6 is 0 Å². The maximum Gasteiger partial charge on any atom is 1.00 e. The number of hydrogen-bond donors (Lipinski definition) is 2. The Bertz CT molecular complexity index is 185. The summed E-state index contributed by atoms with van der Waals surface area (Å²) in [6.07, 6.45) is 1.25. The van der Waals surface area contributed by atoms with E-state index in [1.807, 2.05) is 0 Å². The molecule has 0 aromatic rings. The summed E-state index contributed by atoms with van der Waals surface area (Å²) in [5, 5.41) is 16.7. The van der Waals surface area contributed by atoms with Crippen molar-refractivity contribution in [2.24, 2.45) is 5.92 Å². The summed E-state index contributed by atoms with van der Waals surface area (Å²) in [6, 6.07) is 0. The molecule has 72 valence electrons. The first-order valence-corrected chi connectivity index (χ1v) is 3.13. The van der Waals surface area contributed by atoms with Crippen LogP contribution in [0, 0.1) is 5.92 Å². The first-order chi connectivity index (χ1) is 5.07. The van der Waals surface area contributed by atoms with E-state index in [0.717, 1.165) is 0 Å². The fourth-order valence-electron chi connectivity index (χ4n) is 0.683. The fourth-order valence-corrected chi connectivity index (χ4v) is 0.683. The Morgan fingerprint density at radius 3 is 2.15 bits per heavy atom. The Kier molecular flexibility index (Phi) is 13.8. The maximum atomic E-state index is 10.3. The molecular weight excluding hydrogens is 187 g/mol. The first-order valence-electron chi connectivity index (χ1n) is 3.13. The molecule has 6 heteroatoms. The van der Waals surface area contributed by atoms with Crippen LogP contribution < -0.4 is 29.6 Å². The average molecular weight is 200 g/mol. The second-order valence-corrected chi connectivity index (χ2v) is 2.16. The van der Waals surface area contributed by atoms with E-state index in [1.165, 1.54) is 6.08 Å². The molecule has 0 heterocycles. The minimum Gasteiger partial charge on any atom is -1.00 e. The topological polar surface area (TPSA) is 106 Å². The Labute approximate surface area is 99.5 Å². The molecule has 0 spiro atoms. The third-order valence-corrected chi connectivity index (χ3v) is 1.22. The first kappa shape index (κ1) is 18.4. The summed E-state index contributed by atoms with van der Waals surface area (Å²) >= 11 is 0.